The van der Waals surface area contributed by atoms with Crippen molar-refractivity contribution in [3.05, 3.63) is 41.2 Å². The molecule has 0 saturated heterocycles. The number of hydrogen-bond donors (Lipinski definition) is 1. The summed E-state index contributed by atoms with van der Waals surface area (Å²) in [5.41, 5.74) is 1.08. The highest BCUT2D eigenvalue weighted by Gasteiger charge is 2.36. The summed E-state index contributed by atoms with van der Waals surface area (Å²) in [7, 11) is 0. The quantitative estimate of drug-likeness (QED) is 0.909. The van der Waals surface area contributed by atoms with Gasteiger partial charge in [-0.1, -0.05) is 25.0 Å². The van der Waals surface area contributed by atoms with Gasteiger partial charge in [-0.05, 0) is 30.5 Å². The van der Waals surface area contributed by atoms with Crippen molar-refractivity contribution in [1.29, 1.82) is 10.5 Å². The molecule has 1 heterocycles. The van der Waals surface area contributed by atoms with E-state index in [1.165, 1.54) is 4.90 Å². The summed E-state index contributed by atoms with van der Waals surface area (Å²) in [6.07, 6.45) is 4.16. The Labute approximate surface area is 135 Å². The first kappa shape index (κ1) is 15.1. The second-order valence-corrected chi connectivity index (χ2v) is 6.09. The summed E-state index contributed by atoms with van der Waals surface area (Å²) < 4.78 is 0. The molecule has 3 rings (SSSR count). The largest absolute Gasteiger partial charge is 0.511 e. The first-order chi connectivity index (χ1) is 11.1. The number of nitriles is 2. The highest BCUT2D eigenvalue weighted by atomic mass is 16.3. The van der Waals surface area contributed by atoms with Gasteiger partial charge in [-0.3, -0.25) is 4.79 Å². The zero-order chi connectivity index (χ0) is 16.4. The van der Waals surface area contributed by atoms with Crippen LogP contribution in [0, 0.1) is 22.7 Å². The normalized spacial score (nSPS) is 20.3. The van der Waals surface area contributed by atoms with Crippen LogP contribution in [0.25, 0.3) is 0 Å². The fourth-order valence-corrected chi connectivity index (χ4v) is 3.47. The van der Waals surface area contributed by atoms with Gasteiger partial charge in [-0.25, -0.2) is 0 Å². The third-order valence-corrected chi connectivity index (χ3v) is 4.83. The lowest BCUT2D eigenvalue weighted by molar-refractivity contribution is -0.115. The molecule has 1 N–H and O–H groups in total. The summed E-state index contributed by atoms with van der Waals surface area (Å²) in [5.74, 6) is -0.611. The maximum Gasteiger partial charge on any atom is 0.272 e. The third-order valence-electron chi connectivity index (χ3n) is 4.83. The van der Waals surface area contributed by atoms with Crippen molar-refractivity contribution in [2.45, 2.75) is 37.5 Å². The maximum absolute atomic E-state index is 12.3. The van der Waals surface area contributed by atoms with E-state index in [0.717, 1.165) is 31.2 Å². The van der Waals surface area contributed by atoms with Gasteiger partial charge in [0.25, 0.3) is 5.91 Å². The number of nitrogens with zero attached hydrogens (tertiary/aromatic N) is 3. The standard InChI is InChI=1S/C18H17N3O2/c19-11-15-16(22)7-10-21(17(15)23)14-5-3-13(4-6-14)18(12-20)8-1-2-9-18/h3-6,22H,1-2,7-10H2. The van der Waals surface area contributed by atoms with Crippen LogP contribution in [-0.4, -0.2) is 17.6 Å². The van der Waals surface area contributed by atoms with E-state index < -0.39 is 11.3 Å². The molecule has 5 heteroatoms. The number of aliphatic hydroxyl groups is 1. The Morgan fingerprint density at radius 2 is 1.78 bits per heavy atom. The molecule has 1 fully saturated rings. The van der Waals surface area contributed by atoms with Crippen LogP contribution in [0.15, 0.2) is 35.6 Å². The van der Waals surface area contributed by atoms with Crippen molar-refractivity contribution >= 4 is 11.6 Å². The monoisotopic (exact) mass is 307 g/mol. The van der Waals surface area contributed by atoms with Crippen molar-refractivity contribution < 1.29 is 9.90 Å². The van der Waals surface area contributed by atoms with E-state index in [1.54, 1.807) is 6.07 Å². The molecule has 1 aromatic rings. The van der Waals surface area contributed by atoms with Crippen molar-refractivity contribution in [1.82, 2.24) is 0 Å². The minimum Gasteiger partial charge on any atom is -0.511 e. The maximum atomic E-state index is 12.3. The molecule has 0 radical (unpaired) electrons. The third kappa shape index (κ3) is 2.45. The molecule has 2 aliphatic rings. The van der Waals surface area contributed by atoms with Gasteiger partial charge in [0, 0.05) is 18.7 Å². The molecule has 1 amide bonds. The Morgan fingerprint density at radius 3 is 2.35 bits per heavy atom. The summed E-state index contributed by atoms with van der Waals surface area (Å²) in [6, 6.07) is 11.7. The summed E-state index contributed by atoms with van der Waals surface area (Å²) in [4.78, 5) is 13.8. The molecule has 0 bridgehead atoms. The fraction of sp³-hybridized carbons (Fsp3) is 0.389. The Balaban J connectivity index is 1.88. The number of anilines is 1. The minimum atomic E-state index is -0.472. The first-order valence-electron chi connectivity index (χ1n) is 7.77. The highest BCUT2D eigenvalue weighted by Crippen LogP contribution is 2.41. The van der Waals surface area contributed by atoms with Gasteiger partial charge in [-0.2, -0.15) is 10.5 Å². The number of carbonyl (C=O) groups is 1. The van der Waals surface area contributed by atoms with Gasteiger partial charge >= 0.3 is 0 Å². The predicted molar refractivity (Wildman–Crippen MR) is 84.4 cm³/mol. The lowest BCUT2D eigenvalue weighted by Gasteiger charge is -2.27. The van der Waals surface area contributed by atoms with E-state index in [9.17, 15) is 15.2 Å². The van der Waals surface area contributed by atoms with Gasteiger partial charge < -0.3 is 10.0 Å². The Morgan fingerprint density at radius 1 is 1.13 bits per heavy atom. The van der Waals surface area contributed by atoms with E-state index in [1.807, 2.05) is 24.3 Å². The van der Waals surface area contributed by atoms with E-state index in [-0.39, 0.29) is 17.8 Å². The van der Waals surface area contributed by atoms with Crippen LogP contribution in [0.5, 0.6) is 0 Å². The van der Waals surface area contributed by atoms with E-state index in [2.05, 4.69) is 6.07 Å². The Hall–Kier alpha value is -2.79. The van der Waals surface area contributed by atoms with Crippen LogP contribution in [-0.2, 0) is 10.2 Å². The van der Waals surface area contributed by atoms with Crippen LogP contribution in [0.1, 0.15) is 37.7 Å². The van der Waals surface area contributed by atoms with Crippen molar-refractivity contribution in [2.24, 2.45) is 0 Å². The molecule has 1 aliphatic heterocycles. The van der Waals surface area contributed by atoms with Crippen LogP contribution in [0.4, 0.5) is 5.69 Å². The van der Waals surface area contributed by atoms with Crippen molar-refractivity contribution in [3.8, 4) is 12.1 Å². The molecular formula is C18H17N3O2. The average Bonchev–Trinajstić information content (AvgIpc) is 3.06. The zero-order valence-electron chi connectivity index (χ0n) is 12.7. The Kier molecular flexibility index (Phi) is 3.80. The van der Waals surface area contributed by atoms with Gasteiger partial charge in [0.05, 0.1) is 11.5 Å². The van der Waals surface area contributed by atoms with Gasteiger partial charge in [0.2, 0.25) is 0 Å². The molecule has 116 valence electrons. The summed E-state index contributed by atoms with van der Waals surface area (Å²) in [5, 5.41) is 28.2. The first-order valence-corrected chi connectivity index (χ1v) is 7.77. The van der Waals surface area contributed by atoms with Crippen LogP contribution >= 0.6 is 0 Å². The van der Waals surface area contributed by atoms with E-state index in [4.69, 9.17) is 5.26 Å². The number of aliphatic hydroxyl groups excluding tert-OH is 1. The number of amides is 1. The van der Waals surface area contributed by atoms with Gasteiger partial charge in [0.1, 0.15) is 11.8 Å². The smallest absolute Gasteiger partial charge is 0.272 e. The van der Waals surface area contributed by atoms with Crippen LogP contribution in [0.3, 0.4) is 0 Å². The van der Waals surface area contributed by atoms with E-state index in [0.29, 0.717) is 12.2 Å². The van der Waals surface area contributed by atoms with Crippen LogP contribution < -0.4 is 4.90 Å². The molecule has 0 spiro atoms. The average molecular weight is 307 g/mol. The molecule has 1 aromatic carbocycles. The minimum absolute atomic E-state index is 0.139. The van der Waals surface area contributed by atoms with Crippen molar-refractivity contribution in [2.75, 3.05) is 11.4 Å². The van der Waals surface area contributed by atoms with Gasteiger partial charge in [0.15, 0.2) is 5.57 Å². The highest BCUT2D eigenvalue weighted by molar-refractivity contribution is 6.09. The molecule has 1 saturated carbocycles. The number of rotatable bonds is 2. The van der Waals surface area contributed by atoms with Crippen LogP contribution in [0.2, 0.25) is 0 Å². The second kappa shape index (κ2) is 5.78. The topological polar surface area (TPSA) is 88.1 Å². The Bertz CT molecular complexity index is 744. The zero-order valence-corrected chi connectivity index (χ0v) is 12.7. The fourth-order valence-electron chi connectivity index (χ4n) is 3.47. The number of benzene rings is 1. The lowest BCUT2D eigenvalue weighted by Crippen LogP contribution is -2.37. The molecule has 0 unspecified atom stereocenters. The van der Waals surface area contributed by atoms with E-state index >= 15 is 0 Å². The van der Waals surface area contributed by atoms with Crippen molar-refractivity contribution in [3.63, 3.8) is 0 Å². The SMILES string of the molecule is N#CC1=C(O)CCN(c2ccc(C3(C#N)CCCC3)cc2)C1=O. The molecule has 1 aliphatic carbocycles. The summed E-state index contributed by atoms with van der Waals surface area (Å²) in [6.45, 7) is 0.346. The molecule has 0 atom stereocenters. The molecule has 23 heavy (non-hydrogen) atoms. The second-order valence-electron chi connectivity index (χ2n) is 6.09. The number of hydrogen-bond acceptors (Lipinski definition) is 4. The summed E-state index contributed by atoms with van der Waals surface area (Å²) >= 11 is 0. The molecule has 5 nitrogen and oxygen atoms in total. The molecular weight excluding hydrogens is 290 g/mol. The lowest BCUT2D eigenvalue weighted by atomic mass is 9.80. The van der Waals surface area contributed by atoms with Gasteiger partial charge in [-0.15, -0.1) is 0 Å². The number of carbonyl (C=O) groups excluding carboxylic acids is 1. The molecule has 0 aromatic heterocycles. The predicted octanol–water partition coefficient (Wildman–Crippen LogP) is 3.09.